The molecule has 2 nitrogen and oxygen atoms in total. The Balaban J connectivity index is 1.75. The summed E-state index contributed by atoms with van der Waals surface area (Å²) in [7, 11) is 0. The Morgan fingerprint density at radius 2 is 2.26 bits per heavy atom. The van der Waals surface area contributed by atoms with Crippen LogP contribution in [0.15, 0.2) is 24.3 Å². The van der Waals surface area contributed by atoms with Gasteiger partial charge < -0.3 is 10.1 Å². The quantitative estimate of drug-likeness (QED) is 0.858. The minimum atomic E-state index is 0.481. The lowest BCUT2D eigenvalue weighted by molar-refractivity contribution is 0.301. The highest BCUT2D eigenvalue weighted by Gasteiger charge is 2.27. The van der Waals surface area contributed by atoms with Crippen molar-refractivity contribution in [3.8, 4) is 5.75 Å². The summed E-state index contributed by atoms with van der Waals surface area (Å²) in [6, 6.07) is 9.21. The van der Waals surface area contributed by atoms with Crippen LogP contribution < -0.4 is 10.1 Å². The maximum absolute atomic E-state index is 5.92. The van der Waals surface area contributed by atoms with E-state index in [-0.39, 0.29) is 0 Å². The molecule has 2 aliphatic rings. The van der Waals surface area contributed by atoms with Crippen molar-refractivity contribution in [2.75, 3.05) is 18.1 Å². The third-order valence-electron chi connectivity index (χ3n) is 3.90. The second-order valence-electron chi connectivity index (χ2n) is 5.55. The molecule has 2 fully saturated rings. The molecule has 0 spiro atoms. The van der Waals surface area contributed by atoms with Gasteiger partial charge in [-0.3, -0.25) is 0 Å². The first-order valence-corrected chi connectivity index (χ1v) is 8.60. The van der Waals surface area contributed by atoms with Crippen molar-refractivity contribution in [3.05, 3.63) is 29.8 Å². The van der Waals surface area contributed by atoms with Gasteiger partial charge in [-0.15, -0.1) is 0 Å². The fraction of sp³-hybridized carbons (Fsp3) is 0.625. The lowest BCUT2D eigenvalue weighted by Crippen LogP contribution is -2.28. The highest BCUT2D eigenvalue weighted by molar-refractivity contribution is 7.99. The highest BCUT2D eigenvalue weighted by Crippen LogP contribution is 2.36. The molecule has 1 saturated carbocycles. The van der Waals surface area contributed by atoms with Crippen molar-refractivity contribution in [3.63, 3.8) is 0 Å². The first-order chi connectivity index (χ1) is 9.36. The van der Waals surface area contributed by atoms with Gasteiger partial charge in [-0.2, -0.15) is 11.8 Å². The van der Waals surface area contributed by atoms with Crippen molar-refractivity contribution in [2.45, 2.75) is 38.3 Å². The minimum absolute atomic E-state index is 0.481. The third-order valence-corrected chi connectivity index (χ3v) is 5.09. The first kappa shape index (κ1) is 13.3. The summed E-state index contributed by atoms with van der Waals surface area (Å²) >= 11 is 2.08. The van der Waals surface area contributed by atoms with Crippen molar-refractivity contribution in [2.24, 2.45) is 5.92 Å². The smallest absolute Gasteiger partial charge is 0.120 e. The SMILES string of the molecule is CCNC(c1cccc(OC2CC2)c1)C1CCSC1. The second kappa shape index (κ2) is 6.19. The number of nitrogens with one attached hydrogen (secondary N) is 1. The molecule has 1 aromatic carbocycles. The van der Waals surface area contributed by atoms with Crippen LogP contribution in [0.5, 0.6) is 5.75 Å². The second-order valence-corrected chi connectivity index (χ2v) is 6.70. The molecule has 3 rings (SSSR count). The van der Waals surface area contributed by atoms with Gasteiger partial charge in [-0.1, -0.05) is 19.1 Å². The Hall–Kier alpha value is -0.670. The Bertz CT molecular complexity index is 413. The lowest BCUT2D eigenvalue weighted by atomic mass is 9.92. The third kappa shape index (κ3) is 3.46. The summed E-state index contributed by atoms with van der Waals surface area (Å²) in [4.78, 5) is 0. The zero-order valence-corrected chi connectivity index (χ0v) is 12.4. The molecule has 3 heteroatoms. The predicted octanol–water partition coefficient (Wildman–Crippen LogP) is 3.63. The summed E-state index contributed by atoms with van der Waals surface area (Å²) in [5.74, 6) is 4.41. The number of ether oxygens (including phenoxy) is 1. The first-order valence-electron chi connectivity index (χ1n) is 7.44. The van der Waals surface area contributed by atoms with E-state index >= 15 is 0 Å². The molecule has 0 aromatic heterocycles. The Morgan fingerprint density at radius 1 is 1.37 bits per heavy atom. The maximum Gasteiger partial charge on any atom is 0.120 e. The summed E-state index contributed by atoms with van der Waals surface area (Å²) in [6.07, 6.45) is 4.26. The van der Waals surface area contributed by atoms with E-state index in [0.29, 0.717) is 12.1 Å². The summed E-state index contributed by atoms with van der Waals surface area (Å²) in [5.41, 5.74) is 1.40. The molecule has 0 radical (unpaired) electrons. The summed E-state index contributed by atoms with van der Waals surface area (Å²) in [6.45, 7) is 3.22. The van der Waals surface area contributed by atoms with E-state index in [1.807, 2.05) is 0 Å². The van der Waals surface area contributed by atoms with Crippen molar-refractivity contribution < 1.29 is 4.74 Å². The zero-order valence-electron chi connectivity index (χ0n) is 11.6. The van der Waals surface area contributed by atoms with Gasteiger partial charge in [0, 0.05) is 6.04 Å². The Morgan fingerprint density at radius 3 is 2.95 bits per heavy atom. The van der Waals surface area contributed by atoms with Crippen LogP contribution in [0.1, 0.15) is 37.8 Å². The summed E-state index contributed by atoms with van der Waals surface area (Å²) < 4.78 is 5.92. The van der Waals surface area contributed by atoms with Crippen LogP contribution in [0, 0.1) is 5.92 Å². The molecule has 1 aliphatic carbocycles. The van der Waals surface area contributed by atoms with E-state index in [1.54, 1.807) is 0 Å². The molecule has 1 aliphatic heterocycles. The van der Waals surface area contributed by atoms with E-state index in [1.165, 1.54) is 36.3 Å². The van der Waals surface area contributed by atoms with Crippen LogP contribution in [-0.4, -0.2) is 24.2 Å². The van der Waals surface area contributed by atoms with Gasteiger partial charge in [0.15, 0.2) is 0 Å². The standard InChI is InChI=1S/C16H23NOS/c1-2-17-16(13-8-9-19-11-13)12-4-3-5-15(10-12)18-14-6-7-14/h3-5,10,13-14,16-17H,2,6-9,11H2,1H3. The molecule has 2 unspecified atom stereocenters. The van der Waals surface area contributed by atoms with Crippen LogP contribution in [0.3, 0.4) is 0 Å². The normalized spacial score (nSPS) is 24.4. The minimum Gasteiger partial charge on any atom is -0.490 e. The van der Waals surface area contributed by atoms with Crippen LogP contribution in [-0.2, 0) is 0 Å². The maximum atomic E-state index is 5.92. The molecule has 104 valence electrons. The van der Waals surface area contributed by atoms with Gasteiger partial charge in [0.1, 0.15) is 5.75 Å². The number of thioether (sulfide) groups is 1. The fourth-order valence-electron chi connectivity index (χ4n) is 2.75. The highest BCUT2D eigenvalue weighted by atomic mass is 32.2. The molecule has 0 amide bonds. The van der Waals surface area contributed by atoms with Gasteiger partial charge >= 0.3 is 0 Å². The topological polar surface area (TPSA) is 21.3 Å². The van der Waals surface area contributed by atoms with Gasteiger partial charge in [0.25, 0.3) is 0 Å². The lowest BCUT2D eigenvalue weighted by Gasteiger charge is -2.24. The number of hydrogen-bond acceptors (Lipinski definition) is 3. The summed E-state index contributed by atoms with van der Waals surface area (Å²) in [5, 5.41) is 3.67. The average molecular weight is 277 g/mol. The Kier molecular flexibility index (Phi) is 4.34. The monoisotopic (exact) mass is 277 g/mol. The van der Waals surface area contributed by atoms with E-state index in [0.717, 1.165) is 18.2 Å². The van der Waals surface area contributed by atoms with E-state index in [2.05, 4.69) is 48.3 Å². The van der Waals surface area contributed by atoms with Crippen LogP contribution in [0.2, 0.25) is 0 Å². The van der Waals surface area contributed by atoms with Crippen molar-refractivity contribution in [1.29, 1.82) is 0 Å². The molecular weight excluding hydrogens is 254 g/mol. The van der Waals surface area contributed by atoms with Crippen molar-refractivity contribution >= 4 is 11.8 Å². The van der Waals surface area contributed by atoms with Crippen LogP contribution in [0.4, 0.5) is 0 Å². The van der Waals surface area contributed by atoms with Crippen molar-refractivity contribution in [1.82, 2.24) is 5.32 Å². The number of benzene rings is 1. The van der Waals surface area contributed by atoms with Crippen LogP contribution in [0.25, 0.3) is 0 Å². The molecule has 1 aromatic rings. The van der Waals surface area contributed by atoms with E-state index in [9.17, 15) is 0 Å². The molecule has 19 heavy (non-hydrogen) atoms. The predicted molar refractivity (Wildman–Crippen MR) is 81.9 cm³/mol. The average Bonchev–Trinajstić information content (AvgIpc) is 3.07. The largest absolute Gasteiger partial charge is 0.490 e. The molecule has 0 bridgehead atoms. The number of hydrogen-bond donors (Lipinski definition) is 1. The molecule has 1 heterocycles. The molecular formula is C16H23NOS. The number of rotatable bonds is 6. The molecule has 1 N–H and O–H groups in total. The van der Waals surface area contributed by atoms with E-state index in [4.69, 9.17) is 4.74 Å². The van der Waals surface area contributed by atoms with E-state index < -0.39 is 0 Å². The van der Waals surface area contributed by atoms with Gasteiger partial charge in [-0.25, -0.2) is 0 Å². The molecule has 1 saturated heterocycles. The molecule has 2 atom stereocenters. The van der Waals surface area contributed by atoms with Gasteiger partial charge in [0.2, 0.25) is 0 Å². The van der Waals surface area contributed by atoms with Gasteiger partial charge in [-0.05, 0) is 60.9 Å². The fourth-order valence-corrected chi connectivity index (χ4v) is 4.05. The van der Waals surface area contributed by atoms with Gasteiger partial charge in [0.05, 0.1) is 6.10 Å². The zero-order chi connectivity index (χ0) is 13.1. The Labute approximate surface area is 120 Å². The van der Waals surface area contributed by atoms with Crippen LogP contribution >= 0.6 is 11.8 Å².